The summed E-state index contributed by atoms with van der Waals surface area (Å²) in [5, 5.41) is 12.2. The molecule has 2 atom stereocenters. The predicted molar refractivity (Wildman–Crippen MR) is 156 cm³/mol. The Morgan fingerprint density at radius 1 is 1.22 bits per heavy atom. The smallest absolute Gasteiger partial charge is 0.276 e. The number of methoxy groups -OCH3 is 1. The second-order valence-electron chi connectivity index (χ2n) is 11.2. The zero-order valence-electron chi connectivity index (χ0n) is 24.6. The number of hydrogen-bond donors (Lipinski definition) is 1. The zero-order chi connectivity index (χ0) is 28.6. The Morgan fingerprint density at radius 2 is 1.98 bits per heavy atom. The highest BCUT2D eigenvalue weighted by Crippen LogP contribution is 2.24. The number of aromatic nitrogens is 3. The molecular formula is C29H44ClFN6O4. The Kier molecular flexibility index (Phi) is 12.5. The van der Waals surface area contributed by atoms with Gasteiger partial charge in [-0.25, -0.2) is 9.07 Å². The van der Waals surface area contributed by atoms with E-state index in [1.165, 1.54) is 6.07 Å². The Hall–Kier alpha value is -2.60. The van der Waals surface area contributed by atoms with Crippen LogP contribution >= 0.6 is 12.4 Å². The van der Waals surface area contributed by atoms with Gasteiger partial charge in [-0.05, 0) is 62.3 Å². The zero-order valence-corrected chi connectivity index (χ0v) is 25.4. The number of halogens is 2. The van der Waals surface area contributed by atoms with E-state index in [0.29, 0.717) is 88.0 Å². The molecule has 2 aliphatic rings. The third-order valence-electron chi connectivity index (χ3n) is 7.63. The summed E-state index contributed by atoms with van der Waals surface area (Å²) in [6, 6.07) is 4.63. The van der Waals surface area contributed by atoms with Crippen LogP contribution in [-0.2, 0) is 20.7 Å². The molecule has 2 amide bonds. The number of hydrogen-bond acceptors (Lipinski definition) is 7. The highest BCUT2D eigenvalue weighted by molar-refractivity contribution is 5.94. The maximum atomic E-state index is 14.2. The van der Waals surface area contributed by atoms with E-state index in [1.807, 2.05) is 9.80 Å². The first kappa shape index (κ1) is 32.9. The number of benzene rings is 1. The average molecular weight is 595 g/mol. The number of nitrogens with one attached hydrogen (secondary N) is 1. The van der Waals surface area contributed by atoms with Gasteiger partial charge in [0.15, 0.2) is 5.69 Å². The molecule has 41 heavy (non-hydrogen) atoms. The second-order valence-corrected chi connectivity index (χ2v) is 11.2. The molecule has 3 heterocycles. The maximum absolute atomic E-state index is 14.2. The molecule has 2 saturated heterocycles. The summed E-state index contributed by atoms with van der Waals surface area (Å²) in [5.74, 6) is -0.346. The molecule has 4 rings (SSSR count). The maximum Gasteiger partial charge on any atom is 0.276 e. The monoisotopic (exact) mass is 594 g/mol. The highest BCUT2D eigenvalue weighted by Gasteiger charge is 2.37. The van der Waals surface area contributed by atoms with Gasteiger partial charge in [0.25, 0.3) is 5.91 Å². The van der Waals surface area contributed by atoms with Crippen LogP contribution in [0, 0.1) is 24.6 Å². The van der Waals surface area contributed by atoms with Crippen molar-refractivity contribution in [2.75, 3.05) is 59.7 Å². The van der Waals surface area contributed by atoms with E-state index >= 15 is 0 Å². The lowest BCUT2D eigenvalue weighted by atomic mass is 9.92. The number of piperidine rings is 1. The number of carbonyl (C=O) groups is 2. The number of rotatable bonds is 11. The second kappa shape index (κ2) is 15.6. The molecule has 2 fully saturated rings. The van der Waals surface area contributed by atoms with E-state index in [0.717, 1.165) is 12.8 Å². The van der Waals surface area contributed by atoms with Gasteiger partial charge in [0, 0.05) is 52.5 Å². The molecule has 0 aliphatic carbocycles. The Morgan fingerprint density at radius 3 is 2.66 bits per heavy atom. The van der Waals surface area contributed by atoms with Crippen molar-refractivity contribution in [3.8, 4) is 5.69 Å². The van der Waals surface area contributed by atoms with Gasteiger partial charge < -0.3 is 24.6 Å². The van der Waals surface area contributed by atoms with Gasteiger partial charge in [-0.3, -0.25) is 9.59 Å². The van der Waals surface area contributed by atoms with E-state index < -0.39 is 0 Å². The van der Waals surface area contributed by atoms with Crippen LogP contribution in [0.1, 0.15) is 54.9 Å². The molecule has 0 unspecified atom stereocenters. The van der Waals surface area contributed by atoms with Crippen LogP contribution in [0.4, 0.5) is 4.39 Å². The summed E-state index contributed by atoms with van der Waals surface area (Å²) in [5.41, 5.74) is 2.17. The van der Waals surface area contributed by atoms with Crippen molar-refractivity contribution in [2.24, 2.45) is 11.8 Å². The fourth-order valence-electron chi connectivity index (χ4n) is 5.51. The summed E-state index contributed by atoms with van der Waals surface area (Å²) < 4.78 is 26.3. The van der Waals surface area contributed by atoms with Crippen LogP contribution in [-0.4, -0.2) is 102 Å². The number of unbranched alkanes of at least 4 members (excludes halogenated alkanes) is 1. The van der Waals surface area contributed by atoms with E-state index in [2.05, 4.69) is 29.5 Å². The summed E-state index contributed by atoms with van der Waals surface area (Å²) in [6.45, 7) is 10.6. The predicted octanol–water partition coefficient (Wildman–Crippen LogP) is 3.04. The number of amides is 2. The SMILES string of the molecule is COCCCCc1c(C(=O)N(CC(C)C)[C@@H]2CNC[C@H](C(=O)N3CCOCC3)C2)nnn1-c1ccc(F)c(C)c1.Cl. The molecule has 228 valence electrons. The lowest BCUT2D eigenvalue weighted by Crippen LogP contribution is -2.56. The molecule has 1 aromatic heterocycles. The van der Waals surface area contributed by atoms with Gasteiger partial charge in [-0.1, -0.05) is 19.1 Å². The third-order valence-corrected chi connectivity index (χ3v) is 7.63. The molecule has 10 nitrogen and oxygen atoms in total. The molecule has 1 N–H and O–H groups in total. The Labute approximate surface area is 248 Å². The van der Waals surface area contributed by atoms with E-state index in [-0.39, 0.29) is 47.9 Å². The Balaban J connectivity index is 0.00000462. The van der Waals surface area contributed by atoms with Gasteiger partial charge in [-0.15, -0.1) is 17.5 Å². The fraction of sp³-hybridized carbons (Fsp3) is 0.655. The summed E-state index contributed by atoms with van der Waals surface area (Å²) in [7, 11) is 1.67. The van der Waals surface area contributed by atoms with Gasteiger partial charge in [0.2, 0.25) is 5.91 Å². The third kappa shape index (κ3) is 8.24. The van der Waals surface area contributed by atoms with E-state index in [9.17, 15) is 14.0 Å². The fourth-order valence-corrected chi connectivity index (χ4v) is 5.51. The van der Waals surface area contributed by atoms with Crippen molar-refractivity contribution >= 4 is 24.2 Å². The molecule has 12 heteroatoms. The number of morpholine rings is 1. The lowest BCUT2D eigenvalue weighted by molar-refractivity contribution is -0.140. The molecule has 1 aromatic carbocycles. The van der Waals surface area contributed by atoms with Crippen LogP contribution in [0.25, 0.3) is 5.69 Å². The van der Waals surface area contributed by atoms with Crippen molar-refractivity contribution in [1.29, 1.82) is 0 Å². The number of ether oxygens (including phenoxy) is 2. The van der Waals surface area contributed by atoms with Gasteiger partial charge in [0.1, 0.15) is 5.82 Å². The minimum Gasteiger partial charge on any atom is -0.385 e. The van der Waals surface area contributed by atoms with Gasteiger partial charge in [-0.2, -0.15) is 0 Å². The molecule has 0 spiro atoms. The topological polar surface area (TPSA) is 102 Å². The number of carbonyl (C=O) groups excluding carboxylic acids is 2. The first-order chi connectivity index (χ1) is 19.3. The van der Waals surface area contributed by atoms with Crippen LogP contribution in [0.2, 0.25) is 0 Å². The summed E-state index contributed by atoms with van der Waals surface area (Å²) in [4.78, 5) is 31.3. The van der Waals surface area contributed by atoms with Gasteiger partial charge >= 0.3 is 0 Å². The highest BCUT2D eigenvalue weighted by atomic mass is 35.5. The molecule has 0 saturated carbocycles. The largest absolute Gasteiger partial charge is 0.385 e. The summed E-state index contributed by atoms with van der Waals surface area (Å²) >= 11 is 0. The van der Waals surface area contributed by atoms with E-state index in [1.54, 1.807) is 30.8 Å². The summed E-state index contributed by atoms with van der Waals surface area (Å²) in [6.07, 6.45) is 2.78. The average Bonchev–Trinajstić information content (AvgIpc) is 3.39. The number of aryl methyl sites for hydroxylation is 1. The van der Waals surface area contributed by atoms with Crippen molar-refractivity contribution < 1.29 is 23.5 Å². The standard InChI is InChI=1S/C29H43FN6O4.ClH/c1-20(2)19-35(24-16-22(17-31-18-24)28(37)34-10-13-40-14-11-34)29(38)27-26(7-5-6-12-39-4)36(33-32-27)23-8-9-25(30)21(3)15-23;/h8-9,15,20,22,24,31H,5-7,10-14,16-19H2,1-4H3;1H/t22-,24+;/m1./s1. The van der Waals surface area contributed by atoms with Crippen LogP contribution < -0.4 is 5.32 Å². The normalized spacial score (nSPS) is 19.2. The lowest BCUT2D eigenvalue weighted by Gasteiger charge is -2.40. The quantitative estimate of drug-likeness (QED) is 0.399. The number of nitrogens with zero attached hydrogens (tertiary/aromatic N) is 5. The molecule has 2 aliphatic heterocycles. The van der Waals surface area contributed by atoms with Crippen LogP contribution in [0.15, 0.2) is 18.2 Å². The van der Waals surface area contributed by atoms with Crippen molar-refractivity contribution in [3.05, 3.63) is 41.0 Å². The molecular weight excluding hydrogens is 551 g/mol. The van der Waals surface area contributed by atoms with Gasteiger partial charge in [0.05, 0.1) is 30.5 Å². The Bertz CT molecular complexity index is 1160. The van der Waals surface area contributed by atoms with Crippen LogP contribution in [0.5, 0.6) is 0 Å². The first-order valence-corrected chi connectivity index (χ1v) is 14.4. The first-order valence-electron chi connectivity index (χ1n) is 14.4. The molecule has 2 aromatic rings. The molecule has 0 bridgehead atoms. The minimum atomic E-state index is -0.295. The van der Waals surface area contributed by atoms with Crippen molar-refractivity contribution in [2.45, 2.75) is 52.5 Å². The van der Waals surface area contributed by atoms with Crippen LogP contribution in [0.3, 0.4) is 0 Å². The minimum absolute atomic E-state index is 0. The molecule has 0 radical (unpaired) electrons. The van der Waals surface area contributed by atoms with E-state index in [4.69, 9.17) is 9.47 Å². The van der Waals surface area contributed by atoms with Crippen molar-refractivity contribution in [1.82, 2.24) is 30.1 Å². The van der Waals surface area contributed by atoms with Crippen molar-refractivity contribution in [3.63, 3.8) is 0 Å².